The van der Waals surface area contributed by atoms with Gasteiger partial charge in [0.25, 0.3) is 11.8 Å². The average Bonchev–Trinajstić information content (AvgIpc) is 3.64. The number of nitrogens with zero attached hydrogens (tertiary/aromatic N) is 4. The summed E-state index contributed by atoms with van der Waals surface area (Å²) in [4.78, 5) is 24.8. The number of aliphatic imine (C=N–C) groups is 1. The summed E-state index contributed by atoms with van der Waals surface area (Å²) in [6, 6.07) is 9.91. The van der Waals surface area contributed by atoms with Crippen molar-refractivity contribution in [1.82, 2.24) is 14.8 Å². The maximum atomic E-state index is 16.0. The number of aromatic nitrogens is 1. The Labute approximate surface area is 258 Å². The number of pyridine rings is 1. The van der Waals surface area contributed by atoms with E-state index in [-0.39, 0.29) is 42.5 Å². The van der Waals surface area contributed by atoms with Crippen LogP contribution in [0.25, 0.3) is 0 Å². The number of likely N-dealkylation sites (tertiary alicyclic amines) is 1. The quantitative estimate of drug-likeness (QED) is 0.162. The van der Waals surface area contributed by atoms with Gasteiger partial charge in [0.1, 0.15) is 29.6 Å². The third-order valence-electron chi connectivity index (χ3n) is 7.43. The molecule has 0 saturated carbocycles. The first-order valence-electron chi connectivity index (χ1n) is 14.4. The smallest absolute Gasteiger partial charge is 0.323 e. The molecule has 2 aromatic carbocycles. The number of hydrogen-bond donors (Lipinski definition) is 3. The molecule has 5 rings (SSSR count). The summed E-state index contributed by atoms with van der Waals surface area (Å²) in [6.45, 7) is 5.81. The average molecular weight is 625 g/mol. The number of phenolic OH excluding ortho intramolecular Hbond substituents is 1. The van der Waals surface area contributed by atoms with Gasteiger partial charge in [-0.25, -0.2) is 0 Å². The molecule has 4 N–H and O–H groups in total. The minimum absolute atomic E-state index is 0.124. The maximum absolute atomic E-state index is 16.0. The van der Waals surface area contributed by atoms with E-state index in [2.05, 4.69) is 9.98 Å². The van der Waals surface area contributed by atoms with Crippen LogP contribution in [0.15, 0.2) is 47.5 Å². The number of nitrogens with one attached hydrogen (secondary N) is 1. The minimum Gasteiger partial charge on any atom is -0.504 e. The van der Waals surface area contributed by atoms with Gasteiger partial charge in [-0.15, -0.1) is 0 Å². The predicted molar refractivity (Wildman–Crippen MR) is 161 cm³/mol. The highest BCUT2D eigenvalue weighted by atomic mass is 19.1. The van der Waals surface area contributed by atoms with E-state index < -0.39 is 53.0 Å². The molecule has 0 spiro atoms. The lowest BCUT2D eigenvalue weighted by Crippen LogP contribution is -2.37. The molecule has 2 unspecified atom stereocenters. The van der Waals surface area contributed by atoms with Crippen LogP contribution in [0.3, 0.4) is 0 Å². The number of benzene rings is 2. The number of carbonyl (C=O) groups is 1. The third kappa shape index (κ3) is 6.75. The van der Waals surface area contributed by atoms with Crippen LogP contribution in [0.2, 0.25) is 0 Å². The maximum Gasteiger partial charge on any atom is 0.323 e. The predicted octanol–water partition coefficient (Wildman–Crippen LogP) is 4.03. The molecule has 1 aromatic heterocycles. The standard InChI is InChI=1S/C31H34F2N6O6/c1-4-39-16-20(15-21(39)31(41)42-5-2)43-26-24(32)29(44-19-8-6-7-18(13-19)28-36-11-12-38(28)3)37-30(25(26)33)45-23-14-17(27(34)35)9-10-22(23)40/h6-10,13-14,20-21,40H,4-5,11-12,15-16H2,1-3H3,(H3,34,35). The second kappa shape index (κ2) is 13.3. The van der Waals surface area contributed by atoms with Crippen LogP contribution in [-0.2, 0) is 9.53 Å². The Bertz CT molecular complexity index is 1640. The van der Waals surface area contributed by atoms with Crippen LogP contribution in [-0.4, -0.2) is 89.5 Å². The van der Waals surface area contributed by atoms with Crippen LogP contribution < -0.4 is 19.9 Å². The van der Waals surface area contributed by atoms with Crippen molar-refractivity contribution < 1.29 is 37.6 Å². The Morgan fingerprint density at radius 3 is 2.56 bits per heavy atom. The van der Waals surface area contributed by atoms with Crippen molar-refractivity contribution in [1.29, 1.82) is 5.41 Å². The SMILES string of the molecule is CCOC(=O)C1CC(Oc2c(F)c(Oc3cccc(C4=NCCN4C)c3)nc(Oc3cc(C(=N)N)ccc3O)c2F)CN1CC. The first kappa shape index (κ1) is 31.4. The number of aromatic hydroxyl groups is 1. The molecule has 3 aromatic rings. The van der Waals surface area contributed by atoms with Gasteiger partial charge in [0.15, 0.2) is 11.5 Å². The van der Waals surface area contributed by atoms with Gasteiger partial charge in [-0.2, -0.15) is 13.8 Å². The summed E-state index contributed by atoms with van der Waals surface area (Å²) in [6.07, 6.45) is -0.667. The molecule has 2 atom stereocenters. The molecular weight excluding hydrogens is 590 g/mol. The number of esters is 1. The lowest BCUT2D eigenvalue weighted by Gasteiger charge is -2.20. The van der Waals surface area contributed by atoms with E-state index in [1.807, 2.05) is 24.9 Å². The molecule has 2 aliphatic rings. The highest BCUT2D eigenvalue weighted by molar-refractivity contribution is 6.00. The van der Waals surface area contributed by atoms with E-state index in [9.17, 15) is 9.90 Å². The van der Waals surface area contributed by atoms with Crippen LogP contribution in [0.4, 0.5) is 8.78 Å². The normalized spacial score (nSPS) is 18.1. The summed E-state index contributed by atoms with van der Waals surface area (Å²) in [5.41, 5.74) is 6.47. The molecule has 0 radical (unpaired) electrons. The zero-order valence-corrected chi connectivity index (χ0v) is 25.0. The summed E-state index contributed by atoms with van der Waals surface area (Å²) in [7, 11) is 1.90. The molecule has 1 saturated heterocycles. The highest BCUT2D eigenvalue weighted by Crippen LogP contribution is 2.41. The van der Waals surface area contributed by atoms with Crippen LogP contribution in [0.5, 0.6) is 34.8 Å². The molecule has 238 valence electrons. The van der Waals surface area contributed by atoms with Crippen LogP contribution >= 0.6 is 0 Å². The van der Waals surface area contributed by atoms with Gasteiger partial charge in [-0.05, 0) is 43.8 Å². The van der Waals surface area contributed by atoms with E-state index in [1.165, 1.54) is 18.2 Å². The van der Waals surface area contributed by atoms with Gasteiger partial charge in [-0.1, -0.05) is 19.1 Å². The summed E-state index contributed by atoms with van der Waals surface area (Å²) >= 11 is 0. The Balaban J connectivity index is 1.52. The lowest BCUT2D eigenvalue weighted by atomic mass is 10.2. The van der Waals surface area contributed by atoms with Gasteiger partial charge >= 0.3 is 5.97 Å². The number of hydrogen-bond acceptors (Lipinski definition) is 11. The fraction of sp³-hybridized carbons (Fsp3) is 0.355. The Morgan fingerprint density at radius 1 is 1.13 bits per heavy atom. The van der Waals surface area contributed by atoms with E-state index >= 15 is 8.78 Å². The number of carbonyl (C=O) groups excluding carboxylic acids is 1. The zero-order valence-electron chi connectivity index (χ0n) is 25.0. The van der Waals surface area contributed by atoms with Crippen molar-refractivity contribution in [3.05, 3.63) is 65.2 Å². The Kier molecular flexibility index (Phi) is 9.32. The summed E-state index contributed by atoms with van der Waals surface area (Å²) in [5, 5.41) is 18.1. The molecule has 45 heavy (non-hydrogen) atoms. The van der Waals surface area contributed by atoms with Gasteiger partial charge < -0.3 is 34.7 Å². The summed E-state index contributed by atoms with van der Waals surface area (Å²) in [5.74, 6) is -5.33. The number of ether oxygens (including phenoxy) is 4. The van der Waals surface area contributed by atoms with Crippen molar-refractivity contribution in [2.24, 2.45) is 10.7 Å². The number of nitrogens with two attached hydrogens (primary N) is 1. The first-order chi connectivity index (χ1) is 21.6. The lowest BCUT2D eigenvalue weighted by molar-refractivity contribution is -0.148. The van der Waals surface area contributed by atoms with Gasteiger partial charge in [0, 0.05) is 37.7 Å². The van der Waals surface area contributed by atoms with Gasteiger partial charge in [0.2, 0.25) is 17.4 Å². The topological polar surface area (TPSA) is 156 Å². The fourth-order valence-electron chi connectivity index (χ4n) is 5.19. The van der Waals surface area contributed by atoms with Crippen LogP contribution in [0, 0.1) is 17.0 Å². The zero-order chi connectivity index (χ0) is 32.2. The molecular formula is C31H34F2N6O6. The summed E-state index contributed by atoms with van der Waals surface area (Å²) < 4.78 is 54.4. The van der Waals surface area contributed by atoms with Crippen molar-refractivity contribution in [3.63, 3.8) is 0 Å². The number of phenols is 1. The van der Waals surface area contributed by atoms with E-state index in [1.54, 1.807) is 30.0 Å². The molecule has 3 heterocycles. The number of likely N-dealkylation sites (N-methyl/N-ethyl adjacent to an activating group) is 2. The Morgan fingerprint density at radius 2 is 1.89 bits per heavy atom. The first-order valence-corrected chi connectivity index (χ1v) is 14.4. The van der Waals surface area contributed by atoms with Crippen molar-refractivity contribution >= 4 is 17.6 Å². The number of halogens is 2. The highest BCUT2D eigenvalue weighted by Gasteiger charge is 2.39. The monoisotopic (exact) mass is 624 g/mol. The van der Waals surface area contributed by atoms with Gasteiger partial charge in [0.05, 0.1) is 13.2 Å². The fourth-order valence-corrected chi connectivity index (χ4v) is 5.19. The second-order valence-electron chi connectivity index (χ2n) is 10.5. The van der Waals surface area contributed by atoms with Crippen molar-refractivity contribution in [2.75, 3.05) is 39.8 Å². The Hall–Kier alpha value is -4.98. The molecule has 0 amide bonds. The van der Waals surface area contributed by atoms with E-state index in [0.29, 0.717) is 13.1 Å². The van der Waals surface area contributed by atoms with E-state index in [4.69, 9.17) is 30.1 Å². The molecule has 2 aliphatic heterocycles. The van der Waals surface area contributed by atoms with Crippen molar-refractivity contribution in [3.8, 4) is 34.8 Å². The number of rotatable bonds is 11. The largest absolute Gasteiger partial charge is 0.504 e. The second-order valence-corrected chi connectivity index (χ2v) is 10.5. The third-order valence-corrected chi connectivity index (χ3v) is 7.43. The molecule has 0 aliphatic carbocycles. The molecule has 14 heteroatoms. The van der Waals surface area contributed by atoms with Crippen LogP contribution in [0.1, 0.15) is 31.4 Å². The van der Waals surface area contributed by atoms with Gasteiger partial charge in [-0.3, -0.25) is 20.1 Å². The molecule has 1 fully saturated rings. The van der Waals surface area contributed by atoms with Crippen molar-refractivity contribution in [2.45, 2.75) is 32.4 Å². The number of amidine groups is 2. The molecule has 0 bridgehead atoms. The van der Waals surface area contributed by atoms with E-state index in [0.717, 1.165) is 17.9 Å². The minimum atomic E-state index is -1.30. The molecule has 12 nitrogen and oxygen atoms in total. The number of nitrogen functional groups attached to an aromatic ring is 1.